The molecule has 116 valence electrons. The van der Waals surface area contributed by atoms with Crippen LogP contribution in [0.2, 0.25) is 0 Å². The first-order valence-electron chi connectivity index (χ1n) is 7.91. The Hall–Kier alpha value is -3.20. The maximum Gasteiger partial charge on any atom is 0.270 e. The fourth-order valence-corrected chi connectivity index (χ4v) is 3.11. The molecule has 1 aromatic heterocycles. The summed E-state index contributed by atoms with van der Waals surface area (Å²) in [5, 5.41) is 0. The van der Waals surface area contributed by atoms with Crippen LogP contribution in [-0.2, 0) is 0 Å². The van der Waals surface area contributed by atoms with Gasteiger partial charge in [-0.25, -0.2) is 4.98 Å². The number of hydrogen-bond donors (Lipinski definition) is 0. The second-order valence-corrected chi connectivity index (χ2v) is 5.68. The lowest BCUT2D eigenvalue weighted by molar-refractivity contribution is 0.672. The summed E-state index contributed by atoms with van der Waals surface area (Å²) in [4.78, 5) is 17.0. The van der Waals surface area contributed by atoms with Gasteiger partial charge in [-0.2, -0.15) is 0 Å². The van der Waals surface area contributed by atoms with E-state index in [1.165, 1.54) is 6.20 Å². The molecule has 0 aliphatic heterocycles. The van der Waals surface area contributed by atoms with Crippen LogP contribution in [0.3, 0.4) is 0 Å². The van der Waals surface area contributed by atoms with Crippen LogP contribution in [0.5, 0.6) is 0 Å². The van der Waals surface area contributed by atoms with Gasteiger partial charge in [0.15, 0.2) is 0 Å². The molecule has 0 atom stereocenters. The molecule has 0 aliphatic rings. The minimum Gasteiger partial charge on any atom is -0.294 e. The maximum atomic E-state index is 12.7. The highest BCUT2D eigenvalue weighted by molar-refractivity contribution is 5.74. The molecule has 0 bridgehead atoms. The van der Waals surface area contributed by atoms with Gasteiger partial charge in [-0.05, 0) is 23.3 Å². The zero-order valence-corrected chi connectivity index (χ0v) is 13.0. The van der Waals surface area contributed by atoms with E-state index < -0.39 is 0 Å². The van der Waals surface area contributed by atoms with Gasteiger partial charge >= 0.3 is 0 Å². The van der Waals surface area contributed by atoms with Crippen molar-refractivity contribution in [3.8, 4) is 0 Å². The van der Waals surface area contributed by atoms with E-state index in [1.807, 2.05) is 65.2 Å². The van der Waals surface area contributed by atoms with E-state index in [0.29, 0.717) is 0 Å². The molecule has 0 amide bonds. The SMILES string of the molecule is O=c1cnc2ccccc2n1C(c1ccccc1)c1ccccc1. The van der Waals surface area contributed by atoms with E-state index >= 15 is 0 Å². The van der Waals surface area contributed by atoms with E-state index in [1.54, 1.807) is 0 Å². The second kappa shape index (κ2) is 6.13. The molecular formula is C21H16N2O. The molecular weight excluding hydrogens is 296 g/mol. The maximum absolute atomic E-state index is 12.7. The van der Waals surface area contributed by atoms with Crippen LogP contribution in [-0.4, -0.2) is 9.55 Å². The topological polar surface area (TPSA) is 34.9 Å². The molecule has 3 heteroatoms. The fraction of sp³-hybridized carbons (Fsp3) is 0.0476. The lowest BCUT2D eigenvalue weighted by atomic mass is 9.98. The number of para-hydroxylation sites is 2. The number of hydrogen-bond acceptors (Lipinski definition) is 2. The first kappa shape index (κ1) is 14.4. The molecule has 1 heterocycles. The van der Waals surface area contributed by atoms with Crippen molar-refractivity contribution in [3.05, 3.63) is 113 Å². The average Bonchev–Trinajstić information content (AvgIpc) is 2.66. The molecule has 0 N–H and O–H groups in total. The van der Waals surface area contributed by atoms with E-state index in [4.69, 9.17) is 0 Å². The van der Waals surface area contributed by atoms with Gasteiger partial charge in [0.25, 0.3) is 5.56 Å². The Morgan fingerprint density at radius 3 is 1.88 bits per heavy atom. The fourth-order valence-electron chi connectivity index (χ4n) is 3.11. The van der Waals surface area contributed by atoms with Crippen LogP contribution >= 0.6 is 0 Å². The lowest BCUT2D eigenvalue weighted by Gasteiger charge is -2.22. The van der Waals surface area contributed by atoms with E-state index in [0.717, 1.165) is 22.2 Å². The third-order valence-corrected chi connectivity index (χ3v) is 4.18. The molecule has 3 aromatic carbocycles. The van der Waals surface area contributed by atoms with Crippen molar-refractivity contribution in [2.75, 3.05) is 0 Å². The van der Waals surface area contributed by atoms with Gasteiger partial charge in [0, 0.05) is 0 Å². The Morgan fingerprint density at radius 2 is 1.25 bits per heavy atom. The monoisotopic (exact) mass is 312 g/mol. The van der Waals surface area contributed by atoms with Crippen LogP contribution in [0.4, 0.5) is 0 Å². The molecule has 0 unspecified atom stereocenters. The first-order chi connectivity index (χ1) is 11.8. The quantitative estimate of drug-likeness (QED) is 0.572. The van der Waals surface area contributed by atoms with E-state index in [2.05, 4.69) is 29.2 Å². The smallest absolute Gasteiger partial charge is 0.270 e. The molecule has 3 nitrogen and oxygen atoms in total. The lowest BCUT2D eigenvalue weighted by Crippen LogP contribution is -2.26. The van der Waals surface area contributed by atoms with Crippen LogP contribution in [0.1, 0.15) is 17.2 Å². The average molecular weight is 312 g/mol. The summed E-state index contributed by atoms with van der Waals surface area (Å²) in [5.74, 6) is 0. The Labute approximate surface area is 139 Å². The van der Waals surface area contributed by atoms with Crippen LogP contribution < -0.4 is 5.56 Å². The first-order valence-corrected chi connectivity index (χ1v) is 7.91. The van der Waals surface area contributed by atoms with Crippen molar-refractivity contribution >= 4 is 11.0 Å². The van der Waals surface area contributed by atoms with Crippen molar-refractivity contribution in [2.24, 2.45) is 0 Å². The van der Waals surface area contributed by atoms with Gasteiger partial charge < -0.3 is 0 Å². The minimum atomic E-state index is -0.187. The summed E-state index contributed by atoms with van der Waals surface area (Å²) in [7, 11) is 0. The predicted molar refractivity (Wildman–Crippen MR) is 96.1 cm³/mol. The molecule has 4 rings (SSSR count). The van der Waals surface area contributed by atoms with Gasteiger partial charge in [0.2, 0.25) is 0 Å². The Kier molecular flexibility index (Phi) is 3.67. The van der Waals surface area contributed by atoms with Gasteiger partial charge in [0.1, 0.15) is 0 Å². The number of benzene rings is 3. The standard InChI is InChI=1S/C21H16N2O/c24-20-15-22-18-13-7-8-14-19(18)23(20)21(16-9-3-1-4-10-16)17-11-5-2-6-12-17/h1-15,21H. The molecule has 0 radical (unpaired) electrons. The van der Waals surface area contributed by atoms with Gasteiger partial charge in [-0.3, -0.25) is 9.36 Å². The number of nitrogens with zero attached hydrogens (tertiary/aromatic N) is 2. The summed E-state index contributed by atoms with van der Waals surface area (Å²) in [6.45, 7) is 0. The minimum absolute atomic E-state index is 0.105. The van der Waals surface area contributed by atoms with E-state index in [-0.39, 0.29) is 11.6 Å². The van der Waals surface area contributed by atoms with Crippen LogP contribution in [0, 0.1) is 0 Å². The van der Waals surface area contributed by atoms with Gasteiger partial charge in [0.05, 0.1) is 23.3 Å². The molecule has 0 fully saturated rings. The molecule has 0 saturated carbocycles. The third kappa shape index (κ3) is 2.50. The summed E-state index contributed by atoms with van der Waals surface area (Å²) < 4.78 is 1.83. The highest BCUT2D eigenvalue weighted by atomic mass is 16.1. The van der Waals surface area contributed by atoms with Crippen molar-refractivity contribution in [1.29, 1.82) is 0 Å². The number of fused-ring (bicyclic) bond motifs is 1. The Balaban J connectivity index is 2.06. The Bertz CT molecular complexity index is 984. The number of aromatic nitrogens is 2. The van der Waals surface area contributed by atoms with Crippen LogP contribution in [0.25, 0.3) is 11.0 Å². The summed E-state index contributed by atoms with van der Waals surface area (Å²) >= 11 is 0. The zero-order valence-electron chi connectivity index (χ0n) is 13.0. The summed E-state index contributed by atoms with van der Waals surface area (Å²) in [6.07, 6.45) is 1.40. The summed E-state index contributed by atoms with van der Waals surface area (Å²) in [6, 6.07) is 27.7. The summed E-state index contributed by atoms with van der Waals surface area (Å²) in [5.41, 5.74) is 3.69. The highest BCUT2D eigenvalue weighted by Gasteiger charge is 2.19. The molecule has 4 aromatic rings. The van der Waals surface area contributed by atoms with Crippen LogP contribution in [0.15, 0.2) is 95.9 Å². The normalized spacial score (nSPS) is 11.0. The van der Waals surface area contributed by atoms with E-state index in [9.17, 15) is 4.79 Å². The van der Waals surface area contributed by atoms with Crippen molar-refractivity contribution in [3.63, 3.8) is 0 Å². The van der Waals surface area contributed by atoms with Gasteiger partial charge in [-0.15, -0.1) is 0 Å². The molecule has 0 saturated heterocycles. The predicted octanol–water partition coefficient (Wildman–Crippen LogP) is 4.03. The molecule has 0 aliphatic carbocycles. The Morgan fingerprint density at radius 1 is 0.708 bits per heavy atom. The molecule has 24 heavy (non-hydrogen) atoms. The molecule has 0 spiro atoms. The second-order valence-electron chi connectivity index (χ2n) is 5.68. The van der Waals surface area contributed by atoms with Gasteiger partial charge in [-0.1, -0.05) is 72.8 Å². The highest BCUT2D eigenvalue weighted by Crippen LogP contribution is 2.27. The van der Waals surface area contributed by atoms with Crippen molar-refractivity contribution in [1.82, 2.24) is 9.55 Å². The number of rotatable bonds is 3. The third-order valence-electron chi connectivity index (χ3n) is 4.18. The van der Waals surface area contributed by atoms with Crippen molar-refractivity contribution in [2.45, 2.75) is 6.04 Å². The zero-order chi connectivity index (χ0) is 16.4. The largest absolute Gasteiger partial charge is 0.294 e. The van der Waals surface area contributed by atoms with Crippen molar-refractivity contribution < 1.29 is 0 Å².